The van der Waals surface area contributed by atoms with E-state index >= 15 is 0 Å². The predicted octanol–water partition coefficient (Wildman–Crippen LogP) is 1.86. The molecule has 0 spiro atoms. The molecule has 4 nitrogen and oxygen atoms in total. The Hall–Kier alpha value is -0.840. The average molecular weight is 252 g/mol. The van der Waals surface area contributed by atoms with Crippen molar-refractivity contribution in [2.75, 3.05) is 33.9 Å². The number of likely N-dealkylation sites (tertiary alicyclic amines) is 1. The summed E-state index contributed by atoms with van der Waals surface area (Å²) < 4.78 is 11.0. The van der Waals surface area contributed by atoms with Gasteiger partial charge >= 0.3 is 0 Å². The summed E-state index contributed by atoms with van der Waals surface area (Å²) >= 11 is 0. The Morgan fingerprint density at radius 2 is 2.06 bits per heavy atom. The van der Waals surface area contributed by atoms with Crippen LogP contribution in [0.25, 0.3) is 0 Å². The van der Waals surface area contributed by atoms with Crippen LogP contribution in [0.3, 0.4) is 0 Å². The monoisotopic (exact) mass is 252 g/mol. The Morgan fingerprint density at radius 3 is 2.72 bits per heavy atom. The fourth-order valence-corrected chi connectivity index (χ4v) is 2.54. The minimum absolute atomic E-state index is 0.739. The van der Waals surface area contributed by atoms with Crippen LogP contribution in [-0.2, 0) is 17.8 Å². The number of ether oxygens (including phenoxy) is 1. The Kier molecular flexibility index (Phi) is 5.23. The largest absolute Gasteiger partial charge is 0.463 e. The minimum Gasteiger partial charge on any atom is -0.463 e. The highest BCUT2D eigenvalue weighted by Gasteiger charge is 2.19. The van der Waals surface area contributed by atoms with E-state index in [0.717, 1.165) is 50.2 Å². The zero-order valence-electron chi connectivity index (χ0n) is 11.4. The first-order valence-corrected chi connectivity index (χ1v) is 6.75. The van der Waals surface area contributed by atoms with Crippen molar-refractivity contribution in [3.63, 3.8) is 0 Å². The highest BCUT2D eigenvalue weighted by atomic mass is 16.5. The molecular formula is C14H24N2O2. The number of rotatable bonds is 6. The van der Waals surface area contributed by atoms with Crippen LogP contribution in [0.5, 0.6) is 0 Å². The summed E-state index contributed by atoms with van der Waals surface area (Å²) in [6.07, 6.45) is 2.47. The average Bonchev–Trinajstić information content (AvgIpc) is 2.80. The molecule has 0 saturated carbocycles. The molecule has 4 heteroatoms. The highest BCUT2D eigenvalue weighted by molar-refractivity contribution is 5.07. The zero-order valence-corrected chi connectivity index (χ0v) is 11.4. The van der Waals surface area contributed by atoms with Crippen LogP contribution in [0.2, 0.25) is 0 Å². The van der Waals surface area contributed by atoms with E-state index < -0.39 is 0 Å². The number of hydrogen-bond donors (Lipinski definition) is 1. The normalized spacial score (nSPS) is 18.3. The molecule has 2 heterocycles. The van der Waals surface area contributed by atoms with Crippen molar-refractivity contribution in [1.29, 1.82) is 0 Å². The first-order valence-electron chi connectivity index (χ1n) is 6.75. The van der Waals surface area contributed by atoms with Gasteiger partial charge < -0.3 is 14.5 Å². The van der Waals surface area contributed by atoms with E-state index in [2.05, 4.69) is 22.3 Å². The number of hydrogen-bond acceptors (Lipinski definition) is 4. The Labute approximate surface area is 109 Å². The van der Waals surface area contributed by atoms with Crippen molar-refractivity contribution < 1.29 is 9.15 Å². The summed E-state index contributed by atoms with van der Waals surface area (Å²) in [6, 6.07) is 4.15. The quantitative estimate of drug-likeness (QED) is 0.838. The second kappa shape index (κ2) is 6.92. The molecule has 1 aromatic rings. The maximum absolute atomic E-state index is 5.77. The van der Waals surface area contributed by atoms with Gasteiger partial charge in [-0.3, -0.25) is 4.90 Å². The van der Waals surface area contributed by atoms with Gasteiger partial charge in [-0.15, -0.1) is 0 Å². The molecule has 18 heavy (non-hydrogen) atoms. The van der Waals surface area contributed by atoms with Crippen molar-refractivity contribution in [2.24, 2.45) is 5.92 Å². The van der Waals surface area contributed by atoms with Gasteiger partial charge in [-0.2, -0.15) is 0 Å². The van der Waals surface area contributed by atoms with Crippen LogP contribution in [0.15, 0.2) is 16.5 Å². The molecule has 0 unspecified atom stereocenters. The van der Waals surface area contributed by atoms with Gasteiger partial charge in [0.15, 0.2) is 0 Å². The Balaban J connectivity index is 1.76. The van der Waals surface area contributed by atoms with Crippen molar-refractivity contribution in [3.8, 4) is 0 Å². The molecule has 1 aliphatic rings. The zero-order chi connectivity index (χ0) is 12.8. The number of furan rings is 1. The lowest BCUT2D eigenvalue weighted by Crippen LogP contribution is -2.34. The molecule has 1 aliphatic heterocycles. The summed E-state index contributed by atoms with van der Waals surface area (Å²) in [4.78, 5) is 2.47. The second-order valence-corrected chi connectivity index (χ2v) is 5.07. The SMILES string of the molecule is CNCc1ccc(CN2CCC(COC)CC2)o1. The lowest BCUT2D eigenvalue weighted by molar-refractivity contribution is 0.0937. The van der Waals surface area contributed by atoms with E-state index in [4.69, 9.17) is 9.15 Å². The fourth-order valence-electron chi connectivity index (χ4n) is 2.54. The summed E-state index contributed by atoms with van der Waals surface area (Å²) in [5, 5.41) is 3.10. The molecule has 1 fully saturated rings. The van der Waals surface area contributed by atoms with Gasteiger partial charge in [0.2, 0.25) is 0 Å². The Bertz CT molecular complexity index is 343. The van der Waals surface area contributed by atoms with E-state index in [-0.39, 0.29) is 0 Å². The van der Waals surface area contributed by atoms with Crippen LogP contribution in [0.1, 0.15) is 24.4 Å². The third-order valence-electron chi connectivity index (χ3n) is 3.56. The molecule has 0 amide bonds. The van der Waals surface area contributed by atoms with E-state index in [0.29, 0.717) is 0 Å². The van der Waals surface area contributed by atoms with Gasteiger partial charge in [0.05, 0.1) is 13.1 Å². The van der Waals surface area contributed by atoms with Gasteiger partial charge in [0, 0.05) is 13.7 Å². The van der Waals surface area contributed by atoms with Crippen LogP contribution in [-0.4, -0.2) is 38.8 Å². The minimum atomic E-state index is 0.739. The highest BCUT2D eigenvalue weighted by Crippen LogP contribution is 2.19. The lowest BCUT2D eigenvalue weighted by atomic mass is 9.98. The van der Waals surface area contributed by atoms with Crippen molar-refractivity contribution in [3.05, 3.63) is 23.7 Å². The van der Waals surface area contributed by atoms with E-state index in [9.17, 15) is 0 Å². The molecule has 1 N–H and O–H groups in total. The third-order valence-corrected chi connectivity index (χ3v) is 3.56. The van der Waals surface area contributed by atoms with Gasteiger partial charge in [0.1, 0.15) is 11.5 Å². The third kappa shape index (κ3) is 3.83. The maximum atomic E-state index is 5.77. The molecule has 0 atom stereocenters. The molecule has 0 bridgehead atoms. The molecule has 1 aromatic heterocycles. The number of piperidine rings is 1. The van der Waals surface area contributed by atoms with Crippen molar-refractivity contribution in [2.45, 2.75) is 25.9 Å². The maximum Gasteiger partial charge on any atom is 0.118 e. The van der Waals surface area contributed by atoms with Crippen LogP contribution in [0, 0.1) is 5.92 Å². The standard InChI is InChI=1S/C14H24N2O2/c1-15-9-13-3-4-14(18-13)10-16-7-5-12(6-8-16)11-17-2/h3-4,12,15H,5-11H2,1-2H3. The topological polar surface area (TPSA) is 37.6 Å². The van der Waals surface area contributed by atoms with Crippen molar-refractivity contribution in [1.82, 2.24) is 10.2 Å². The van der Waals surface area contributed by atoms with Gasteiger partial charge in [-0.1, -0.05) is 0 Å². The first kappa shape index (κ1) is 13.6. The molecular weight excluding hydrogens is 228 g/mol. The molecule has 0 aliphatic carbocycles. The van der Waals surface area contributed by atoms with Gasteiger partial charge in [0.25, 0.3) is 0 Å². The fraction of sp³-hybridized carbons (Fsp3) is 0.714. The molecule has 1 saturated heterocycles. The second-order valence-electron chi connectivity index (χ2n) is 5.07. The number of nitrogens with one attached hydrogen (secondary N) is 1. The van der Waals surface area contributed by atoms with E-state index in [1.165, 1.54) is 12.8 Å². The first-order chi connectivity index (χ1) is 8.81. The molecule has 2 rings (SSSR count). The van der Waals surface area contributed by atoms with Crippen LogP contribution < -0.4 is 5.32 Å². The molecule has 0 radical (unpaired) electrons. The van der Waals surface area contributed by atoms with E-state index in [1.807, 2.05) is 7.05 Å². The summed E-state index contributed by atoms with van der Waals surface area (Å²) in [5.74, 6) is 2.83. The Morgan fingerprint density at radius 1 is 1.33 bits per heavy atom. The molecule has 102 valence electrons. The van der Waals surface area contributed by atoms with Crippen LogP contribution >= 0.6 is 0 Å². The van der Waals surface area contributed by atoms with Crippen LogP contribution in [0.4, 0.5) is 0 Å². The van der Waals surface area contributed by atoms with Gasteiger partial charge in [-0.25, -0.2) is 0 Å². The van der Waals surface area contributed by atoms with Crippen molar-refractivity contribution >= 4 is 0 Å². The number of nitrogens with zero attached hydrogens (tertiary/aromatic N) is 1. The predicted molar refractivity (Wildman–Crippen MR) is 71.3 cm³/mol. The summed E-state index contributed by atoms with van der Waals surface area (Å²) in [5.41, 5.74) is 0. The summed E-state index contributed by atoms with van der Waals surface area (Å²) in [7, 11) is 3.72. The molecule has 0 aromatic carbocycles. The van der Waals surface area contributed by atoms with Gasteiger partial charge in [-0.05, 0) is 51.0 Å². The lowest BCUT2D eigenvalue weighted by Gasteiger charge is -2.30. The number of methoxy groups -OCH3 is 1. The summed E-state index contributed by atoms with van der Waals surface area (Å²) in [6.45, 7) is 4.94. The van der Waals surface area contributed by atoms with E-state index in [1.54, 1.807) is 7.11 Å². The smallest absolute Gasteiger partial charge is 0.118 e.